The van der Waals surface area contributed by atoms with Gasteiger partial charge in [0, 0.05) is 13.1 Å². The Morgan fingerprint density at radius 2 is 2.33 bits per heavy atom. The van der Waals surface area contributed by atoms with Crippen molar-refractivity contribution in [2.24, 2.45) is 0 Å². The van der Waals surface area contributed by atoms with E-state index in [1.54, 1.807) is 4.90 Å². The molecule has 0 spiro atoms. The maximum absolute atomic E-state index is 10.9. The summed E-state index contributed by atoms with van der Waals surface area (Å²) >= 11 is 1.36. The van der Waals surface area contributed by atoms with Gasteiger partial charge in [0.1, 0.15) is 5.82 Å². The molecule has 7 heteroatoms. The Bertz CT molecular complexity index is 590. The van der Waals surface area contributed by atoms with E-state index >= 15 is 0 Å². The Morgan fingerprint density at radius 3 is 3.00 bits per heavy atom. The second-order valence-electron chi connectivity index (χ2n) is 4.32. The highest BCUT2D eigenvalue weighted by Gasteiger charge is 2.26. The number of hydrogen-bond acceptors (Lipinski definition) is 5. The summed E-state index contributed by atoms with van der Waals surface area (Å²) in [7, 11) is 0. The van der Waals surface area contributed by atoms with Crippen LogP contribution in [0.2, 0.25) is 0 Å². The zero-order valence-corrected chi connectivity index (χ0v) is 11.0. The van der Waals surface area contributed by atoms with Gasteiger partial charge in [-0.1, -0.05) is 0 Å². The summed E-state index contributed by atoms with van der Waals surface area (Å²) in [5, 5.41) is 0.838. The predicted octanol–water partition coefficient (Wildman–Crippen LogP) is 1.24. The quantitative estimate of drug-likeness (QED) is 0.765. The lowest BCUT2D eigenvalue weighted by Crippen LogP contribution is -2.35. The van der Waals surface area contributed by atoms with Gasteiger partial charge in [0.25, 0.3) is 0 Å². The number of carbonyl (C=O) groups excluding carboxylic acids is 1. The summed E-state index contributed by atoms with van der Waals surface area (Å²) < 4.78 is 6.31. The third-order valence-electron chi connectivity index (χ3n) is 3.25. The van der Waals surface area contributed by atoms with Crippen molar-refractivity contribution < 1.29 is 4.79 Å². The normalized spacial score (nSPS) is 18.8. The van der Waals surface area contributed by atoms with Gasteiger partial charge in [-0.3, -0.25) is 4.79 Å². The molecule has 0 aromatic carbocycles. The topological polar surface area (TPSA) is 63.9 Å². The van der Waals surface area contributed by atoms with Gasteiger partial charge < -0.3 is 9.47 Å². The lowest BCUT2D eigenvalue weighted by molar-refractivity contribution is -0.120. The summed E-state index contributed by atoms with van der Waals surface area (Å²) in [5.41, 5.74) is 1.05. The van der Waals surface area contributed by atoms with E-state index in [0.717, 1.165) is 35.3 Å². The lowest BCUT2D eigenvalue weighted by Gasteiger charge is -2.31. The van der Waals surface area contributed by atoms with Gasteiger partial charge in [0.15, 0.2) is 10.8 Å². The van der Waals surface area contributed by atoms with Crippen LogP contribution in [-0.2, 0) is 11.3 Å². The van der Waals surface area contributed by atoms with E-state index in [1.165, 1.54) is 11.5 Å². The average molecular weight is 263 g/mol. The molecule has 0 radical (unpaired) electrons. The largest absolute Gasteiger partial charge is 0.335 e. The van der Waals surface area contributed by atoms with Gasteiger partial charge >= 0.3 is 0 Å². The number of nitrogens with zero attached hydrogens (tertiary/aromatic N) is 5. The van der Waals surface area contributed by atoms with E-state index in [2.05, 4.69) is 18.9 Å². The molecule has 2 aromatic rings. The molecule has 1 unspecified atom stereocenters. The first-order valence-electron chi connectivity index (χ1n) is 5.78. The van der Waals surface area contributed by atoms with Crippen LogP contribution in [0.1, 0.15) is 24.5 Å². The van der Waals surface area contributed by atoms with Gasteiger partial charge in [-0.05, 0) is 25.4 Å². The highest BCUT2D eigenvalue weighted by atomic mass is 32.1. The van der Waals surface area contributed by atoms with Crippen molar-refractivity contribution in [3.63, 3.8) is 0 Å². The van der Waals surface area contributed by atoms with Crippen molar-refractivity contribution in [3.05, 3.63) is 17.7 Å². The van der Waals surface area contributed by atoms with Crippen LogP contribution < -0.4 is 0 Å². The summed E-state index contributed by atoms with van der Waals surface area (Å²) in [6.07, 6.45) is 2.72. The molecule has 0 N–H and O–H groups in total. The molecule has 3 rings (SSSR count). The van der Waals surface area contributed by atoms with E-state index in [1.807, 2.05) is 20.0 Å². The zero-order chi connectivity index (χ0) is 12.7. The van der Waals surface area contributed by atoms with Crippen molar-refractivity contribution in [1.82, 2.24) is 23.8 Å². The first kappa shape index (κ1) is 11.3. The summed E-state index contributed by atoms with van der Waals surface area (Å²) in [6, 6.07) is 0.0616. The van der Waals surface area contributed by atoms with Crippen LogP contribution in [0, 0.1) is 6.92 Å². The van der Waals surface area contributed by atoms with E-state index in [0.29, 0.717) is 6.54 Å². The minimum Gasteiger partial charge on any atom is -0.335 e. The fourth-order valence-corrected chi connectivity index (χ4v) is 2.92. The average Bonchev–Trinajstić information content (AvgIpc) is 2.96. The van der Waals surface area contributed by atoms with Crippen LogP contribution in [0.25, 0.3) is 10.8 Å². The first-order valence-corrected chi connectivity index (χ1v) is 6.55. The fourth-order valence-electron chi connectivity index (χ4n) is 2.24. The monoisotopic (exact) mass is 263 g/mol. The van der Waals surface area contributed by atoms with Crippen LogP contribution in [0.3, 0.4) is 0 Å². The Balaban J connectivity index is 2.04. The van der Waals surface area contributed by atoms with Crippen LogP contribution in [0.4, 0.5) is 0 Å². The molecule has 0 bridgehead atoms. The third kappa shape index (κ3) is 1.62. The van der Waals surface area contributed by atoms with Gasteiger partial charge in [0.2, 0.25) is 6.41 Å². The number of fused-ring (bicyclic) bond motifs is 1. The van der Waals surface area contributed by atoms with E-state index in [-0.39, 0.29) is 6.04 Å². The smallest absolute Gasteiger partial charge is 0.210 e. The zero-order valence-electron chi connectivity index (χ0n) is 10.2. The molecule has 1 amide bonds. The standard InChI is InChI=1S/C11H13N5OS/c1-7-9-5-12-10(11-13-8(2)14-18-11)16(9)4-3-15(7)6-17/h5-7H,3-4H2,1-2H3. The Labute approximate surface area is 108 Å². The number of amides is 1. The molecule has 94 valence electrons. The van der Waals surface area contributed by atoms with Gasteiger partial charge in [-0.25, -0.2) is 9.97 Å². The Hall–Kier alpha value is -1.76. The molecule has 1 aliphatic rings. The molecular formula is C11H13N5OS. The van der Waals surface area contributed by atoms with Crippen molar-refractivity contribution in [2.75, 3.05) is 6.54 Å². The second-order valence-corrected chi connectivity index (χ2v) is 5.08. The minimum atomic E-state index is 0.0616. The maximum atomic E-state index is 10.9. The third-order valence-corrected chi connectivity index (χ3v) is 4.05. The molecular weight excluding hydrogens is 250 g/mol. The summed E-state index contributed by atoms with van der Waals surface area (Å²) in [5.74, 6) is 1.62. The SMILES string of the molecule is Cc1nsc(-c2ncc3n2CCN(C=O)C3C)n1. The second kappa shape index (κ2) is 4.16. The number of aryl methyl sites for hydroxylation is 1. The maximum Gasteiger partial charge on any atom is 0.210 e. The molecule has 6 nitrogen and oxygen atoms in total. The predicted molar refractivity (Wildman–Crippen MR) is 67.1 cm³/mol. The van der Waals surface area contributed by atoms with E-state index in [9.17, 15) is 4.79 Å². The van der Waals surface area contributed by atoms with E-state index < -0.39 is 0 Å². The van der Waals surface area contributed by atoms with Crippen molar-refractivity contribution in [2.45, 2.75) is 26.4 Å². The summed E-state index contributed by atoms with van der Waals surface area (Å²) in [4.78, 5) is 21.5. The minimum absolute atomic E-state index is 0.0616. The van der Waals surface area contributed by atoms with Gasteiger partial charge in [0.05, 0.1) is 17.9 Å². The molecule has 1 aliphatic heterocycles. The number of imidazole rings is 1. The Kier molecular flexibility index (Phi) is 2.62. The molecule has 0 saturated heterocycles. The molecule has 1 atom stereocenters. The lowest BCUT2D eigenvalue weighted by atomic mass is 10.2. The van der Waals surface area contributed by atoms with Gasteiger partial charge in [-0.15, -0.1) is 0 Å². The molecule has 0 aliphatic carbocycles. The van der Waals surface area contributed by atoms with Crippen molar-refractivity contribution in [1.29, 1.82) is 0 Å². The highest BCUT2D eigenvalue weighted by molar-refractivity contribution is 7.09. The number of rotatable bonds is 2. The fraction of sp³-hybridized carbons (Fsp3) is 0.455. The molecule has 3 heterocycles. The molecule has 0 saturated carbocycles. The highest BCUT2D eigenvalue weighted by Crippen LogP contribution is 2.29. The molecule has 18 heavy (non-hydrogen) atoms. The number of hydrogen-bond donors (Lipinski definition) is 0. The van der Waals surface area contributed by atoms with Crippen LogP contribution >= 0.6 is 11.5 Å². The van der Waals surface area contributed by atoms with Gasteiger partial charge in [-0.2, -0.15) is 4.37 Å². The van der Waals surface area contributed by atoms with Crippen LogP contribution in [0.5, 0.6) is 0 Å². The van der Waals surface area contributed by atoms with Crippen LogP contribution in [-0.4, -0.2) is 36.8 Å². The van der Waals surface area contributed by atoms with Crippen LogP contribution in [0.15, 0.2) is 6.20 Å². The summed E-state index contributed by atoms with van der Waals surface area (Å²) in [6.45, 7) is 5.35. The molecule has 0 fully saturated rings. The molecule has 2 aromatic heterocycles. The Morgan fingerprint density at radius 1 is 1.50 bits per heavy atom. The van der Waals surface area contributed by atoms with E-state index in [4.69, 9.17) is 0 Å². The van der Waals surface area contributed by atoms with Crippen molar-refractivity contribution in [3.8, 4) is 10.8 Å². The number of carbonyl (C=O) groups is 1. The number of aromatic nitrogens is 4. The first-order chi connectivity index (χ1) is 8.70. The van der Waals surface area contributed by atoms with Crippen molar-refractivity contribution >= 4 is 17.9 Å².